The molecule has 0 saturated carbocycles. The van der Waals surface area contributed by atoms with Crippen LogP contribution in [0.5, 0.6) is 0 Å². The van der Waals surface area contributed by atoms with Gasteiger partial charge in [-0.3, -0.25) is 9.59 Å². The van der Waals surface area contributed by atoms with Crippen LogP contribution in [-0.4, -0.2) is 16.8 Å². The molecule has 0 saturated heterocycles. The van der Waals surface area contributed by atoms with E-state index < -0.39 is 23.7 Å². The van der Waals surface area contributed by atoms with Gasteiger partial charge in [0.05, 0.1) is 32.2 Å². The van der Waals surface area contributed by atoms with E-state index in [1.807, 2.05) is 0 Å². The van der Waals surface area contributed by atoms with E-state index in [1.54, 1.807) is 0 Å². The highest BCUT2D eigenvalue weighted by atomic mass is 35.5. The number of Topliss-reactive ketones (excluding diaryl/α,β-unsaturated/α-hetero) is 1. The number of ketones is 1. The number of fused-ring (bicyclic) bond motifs is 1. The lowest BCUT2D eigenvalue weighted by molar-refractivity contribution is -0.133. The molecule has 2 aromatic carbocycles. The lowest BCUT2D eigenvalue weighted by atomic mass is 9.88. The fraction of sp³-hybridized carbons (Fsp3) is 0.125. The maximum absolute atomic E-state index is 12.6. The van der Waals surface area contributed by atoms with E-state index in [-0.39, 0.29) is 41.9 Å². The molecule has 1 aliphatic rings. The summed E-state index contributed by atoms with van der Waals surface area (Å²) in [5.41, 5.74) is -1.92. The second kappa shape index (κ2) is 6.62. The number of carbonyl (C=O) groups is 2. The second-order valence-electron chi connectivity index (χ2n) is 5.42. The van der Waals surface area contributed by atoms with Crippen LogP contribution >= 0.6 is 58.0 Å². The van der Waals surface area contributed by atoms with Gasteiger partial charge in [-0.2, -0.15) is 0 Å². The SMILES string of the molecule is O=C(CC1(O)C(=O)Nc2c(Cl)ccc(Cl)c21)c1ccc(Cl)c(Cl)c1Cl. The summed E-state index contributed by atoms with van der Waals surface area (Å²) in [6, 6.07) is 5.69. The largest absolute Gasteiger partial charge is 0.375 e. The van der Waals surface area contributed by atoms with Gasteiger partial charge in [0, 0.05) is 16.1 Å². The molecule has 3 rings (SSSR count). The van der Waals surface area contributed by atoms with Crippen molar-refractivity contribution in [3.8, 4) is 0 Å². The first-order valence-corrected chi connectivity index (χ1v) is 8.75. The molecule has 1 heterocycles. The fourth-order valence-corrected chi connectivity index (χ4v) is 3.81. The molecule has 0 bridgehead atoms. The first kappa shape index (κ1) is 18.8. The molecule has 1 aliphatic heterocycles. The number of halogens is 5. The predicted molar refractivity (Wildman–Crippen MR) is 99.4 cm³/mol. The van der Waals surface area contributed by atoms with Crippen molar-refractivity contribution in [2.24, 2.45) is 0 Å². The molecule has 1 unspecified atom stereocenters. The summed E-state index contributed by atoms with van der Waals surface area (Å²) >= 11 is 30.0. The van der Waals surface area contributed by atoms with Gasteiger partial charge in [0.2, 0.25) is 0 Å². The average molecular weight is 440 g/mol. The average Bonchev–Trinajstić information content (AvgIpc) is 2.81. The first-order chi connectivity index (χ1) is 11.7. The summed E-state index contributed by atoms with van der Waals surface area (Å²) in [6.07, 6.45) is -0.594. The highest BCUT2D eigenvalue weighted by Gasteiger charge is 2.49. The molecule has 9 heteroatoms. The quantitative estimate of drug-likeness (QED) is 0.499. The third kappa shape index (κ3) is 3.01. The molecule has 2 aromatic rings. The Kier molecular flexibility index (Phi) is 4.97. The molecule has 1 amide bonds. The number of hydrogen-bond acceptors (Lipinski definition) is 3. The van der Waals surface area contributed by atoms with E-state index in [1.165, 1.54) is 24.3 Å². The van der Waals surface area contributed by atoms with Gasteiger partial charge in [0.15, 0.2) is 11.4 Å². The molecule has 0 aliphatic carbocycles. The summed E-state index contributed by atoms with van der Waals surface area (Å²) < 4.78 is 0. The molecular formula is C16H8Cl5NO3. The zero-order valence-corrected chi connectivity index (χ0v) is 15.9. The van der Waals surface area contributed by atoms with Gasteiger partial charge >= 0.3 is 0 Å². The van der Waals surface area contributed by atoms with Gasteiger partial charge in [-0.25, -0.2) is 0 Å². The predicted octanol–water partition coefficient (Wildman–Crippen LogP) is 5.37. The van der Waals surface area contributed by atoms with Gasteiger partial charge in [0.25, 0.3) is 5.91 Å². The minimum Gasteiger partial charge on any atom is -0.375 e. The monoisotopic (exact) mass is 437 g/mol. The first-order valence-electron chi connectivity index (χ1n) is 6.86. The van der Waals surface area contributed by atoms with Crippen LogP contribution in [-0.2, 0) is 10.4 Å². The third-order valence-electron chi connectivity index (χ3n) is 3.88. The summed E-state index contributed by atoms with van der Waals surface area (Å²) in [4.78, 5) is 25.0. The van der Waals surface area contributed by atoms with E-state index in [4.69, 9.17) is 58.0 Å². The van der Waals surface area contributed by atoms with Gasteiger partial charge in [-0.05, 0) is 24.3 Å². The van der Waals surface area contributed by atoms with Crippen LogP contribution in [0, 0.1) is 0 Å². The molecule has 1 atom stereocenters. The van der Waals surface area contributed by atoms with Crippen molar-refractivity contribution in [1.82, 2.24) is 0 Å². The Hall–Kier alpha value is -1.01. The number of amides is 1. The standard InChI is InChI=1S/C16H8Cl5NO3/c17-7-3-4-9(19)14-11(7)16(25,15(24)22-14)5-10(23)6-1-2-8(18)13(21)12(6)20/h1-4,25H,5H2,(H,22,24). The van der Waals surface area contributed by atoms with Crippen molar-refractivity contribution in [1.29, 1.82) is 0 Å². The molecule has 2 N–H and O–H groups in total. The number of anilines is 1. The second-order valence-corrected chi connectivity index (χ2v) is 7.39. The fourth-order valence-electron chi connectivity index (χ4n) is 2.65. The Morgan fingerprint density at radius 2 is 1.56 bits per heavy atom. The topological polar surface area (TPSA) is 66.4 Å². The minimum absolute atomic E-state index is 0.0125. The Morgan fingerprint density at radius 1 is 0.960 bits per heavy atom. The van der Waals surface area contributed by atoms with Crippen LogP contribution < -0.4 is 5.32 Å². The summed E-state index contributed by atoms with van der Waals surface area (Å²) in [5.74, 6) is -1.41. The Balaban J connectivity index is 2.05. The van der Waals surface area contributed by atoms with Gasteiger partial charge in [-0.15, -0.1) is 0 Å². The smallest absolute Gasteiger partial charge is 0.261 e. The van der Waals surface area contributed by atoms with Crippen molar-refractivity contribution in [3.63, 3.8) is 0 Å². The van der Waals surface area contributed by atoms with Crippen molar-refractivity contribution >= 4 is 75.4 Å². The number of rotatable bonds is 3. The molecular weight excluding hydrogens is 431 g/mol. The number of aliphatic hydroxyl groups is 1. The van der Waals surface area contributed by atoms with Crippen LogP contribution in [0.1, 0.15) is 22.3 Å². The number of nitrogens with one attached hydrogen (secondary N) is 1. The number of carbonyl (C=O) groups excluding carboxylic acids is 2. The zero-order valence-electron chi connectivity index (χ0n) is 12.2. The Labute approximate surface area is 167 Å². The lowest BCUT2D eigenvalue weighted by Crippen LogP contribution is -2.36. The van der Waals surface area contributed by atoms with Crippen LogP contribution in [0.2, 0.25) is 25.1 Å². The van der Waals surface area contributed by atoms with Gasteiger partial charge < -0.3 is 10.4 Å². The maximum atomic E-state index is 12.6. The van der Waals surface area contributed by atoms with E-state index in [2.05, 4.69) is 5.32 Å². The van der Waals surface area contributed by atoms with Crippen LogP contribution in [0.3, 0.4) is 0 Å². The van der Waals surface area contributed by atoms with E-state index in [0.717, 1.165) is 0 Å². The highest BCUT2D eigenvalue weighted by molar-refractivity contribution is 6.49. The van der Waals surface area contributed by atoms with Crippen molar-refractivity contribution in [2.75, 3.05) is 5.32 Å². The summed E-state index contributed by atoms with van der Waals surface area (Å²) in [6.45, 7) is 0. The van der Waals surface area contributed by atoms with Gasteiger partial charge in [-0.1, -0.05) is 58.0 Å². The van der Waals surface area contributed by atoms with E-state index >= 15 is 0 Å². The third-order valence-corrected chi connectivity index (χ3v) is 5.81. The lowest BCUT2D eigenvalue weighted by Gasteiger charge is -2.21. The normalized spacial score (nSPS) is 18.9. The van der Waals surface area contributed by atoms with Crippen molar-refractivity contribution in [2.45, 2.75) is 12.0 Å². The molecule has 130 valence electrons. The number of benzene rings is 2. The number of hydrogen-bond donors (Lipinski definition) is 2. The molecule has 0 fully saturated rings. The molecule has 4 nitrogen and oxygen atoms in total. The van der Waals surface area contributed by atoms with E-state index in [0.29, 0.717) is 0 Å². The highest BCUT2D eigenvalue weighted by Crippen LogP contribution is 2.47. The van der Waals surface area contributed by atoms with Crippen molar-refractivity contribution in [3.05, 3.63) is 60.5 Å². The Bertz CT molecular complexity index is 930. The van der Waals surface area contributed by atoms with Gasteiger partial charge in [0.1, 0.15) is 0 Å². The van der Waals surface area contributed by atoms with E-state index in [9.17, 15) is 14.7 Å². The molecule has 25 heavy (non-hydrogen) atoms. The van der Waals surface area contributed by atoms with Crippen LogP contribution in [0.4, 0.5) is 5.69 Å². The summed E-state index contributed by atoms with van der Waals surface area (Å²) in [7, 11) is 0. The minimum atomic E-state index is -2.18. The zero-order chi connectivity index (χ0) is 18.5. The molecule has 0 spiro atoms. The molecule has 0 radical (unpaired) electrons. The molecule has 0 aromatic heterocycles. The van der Waals surface area contributed by atoms with Crippen molar-refractivity contribution < 1.29 is 14.7 Å². The van der Waals surface area contributed by atoms with Crippen LogP contribution in [0.15, 0.2) is 24.3 Å². The Morgan fingerprint density at radius 3 is 2.24 bits per heavy atom. The maximum Gasteiger partial charge on any atom is 0.261 e. The summed E-state index contributed by atoms with van der Waals surface area (Å²) in [5, 5.41) is 13.8. The van der Waals surface area contributed by atoms with Crippen LogP contribution in [0.25, 0.3) is 0 Å².